The molecular weight excluding hydrogens is 372 g/mol. The fourth-order valence-corrected chi connectivity index (χ4v) is 2.95. The van der Waals surface area contributed by atoms with Gasteiger partial charge >= 0.3 is 12.1 Å². The lowest BCUT2D eigenvalue weighted by Gasteiger charge is -2.25. The first-order chi connectivity index (χ1) is 12.5. The van der Waals surface area contributed by atoms with Gasteiger partial charge in [-0.3, -0.25) is 19.8 Å². The van der Waals surface area contributed by atoms with Crippen LogP contribution in [0.25, 0.3) is 0 Å². The first-order valence-electron chi connectivity index (χ1n) is 8.50. The van der Waals surface area contributed by atoms with Crippen molar-refractivity contribution in [2.24, 2.45) is 0 Å². The summed E-state index contributed by atoms with van der Waals surface area (Å²) in [4.78, 5) is 50.0. The van der Waals surface area contributed by atoms with Crippen LogP contribution >= 0.6 is 11.6 Å². The van der Waals surface area contributed by atoms with E-state index < -0.39 is 41.5 Å². The summed E-state index contributed by atoms with van der Waals surface area (Å²) in [6, 6.07) is 5.18. The molecule has 6 amide bonds. The number of benzene rings is 1. The lowest BCUT2D eigenvalue weighted by molar-refractivity contribution is -0.135. The topological polar surface area (TPSA) is 108 Å². The summed E-state index contributed by atoms with van der Waals surface area (Å²) < 4.78 is 0. The fourth-order valence-electron chi connectivity index (χ4n) is 2.83. The lowest BCUT2D eigenvalue weighted by Crippen LogP contribution is -2.51. The van der Waals surface area contributed by atoms with Gasteiger partial charge in [0.1, 0.15) is 12.1 Å². The molecule has 0 unspecified atom stereocenters. The van der Waals surface area contributed by atoms with E-state index in [1.54, 1.807) is 52.0 Å². The Bertz CT molecular complexity index is 773. The largest absolute Gasteiger partial charge is 0.333 e. The molecule has 0 radical (unpaired) electrons. The van der Waals surface area contributed by atoms with Crippen LogP contribution in [0.15, 0.2) is 24.3 Å². The van der Waals surface area contributed by atoms with Gasteiger partial charge in [0.05, 0.1) is 0 Å². The molecule has 146 valence electrons. The standard InChI is InChI=1S/C18H23ClN4O4/c1-5-18(11-6-8-12(19)9-7-11)14(25)23(16(27)22-18)10-13(24)20-15(26)21-17(2,3)4/h6-9H,5,10H2,1-4H3,(H,22,27)(H2,20,21,24,26)/t18-/m1/s1. The monoisotopic (exact) mass is 394 g/mol. The summed E-state index contributed by atoms with van der Waals surface area (Å²) in [5, 5.41) is 7.85. The van der Waals surface area contributed by atoms with E-state index in [0.717, 1.165) is 4.90 Å². The highest BCUT2D eigenvalue weighted by atomic mass is 35.5. The zero-order chi connectivity index (χ0) is 20.4. The summed E-state index contributed by atoms with van der Waals surface area (Å²) in [6.07, 6.45) is 0.293. The van der Waals surface area contributed by atoms with E-state index in [2.05, 4.69) is 16.0 Å². The average Bonchev–Trinajstić information content (AvgIpc) is 2.78. The van der Waals surface area contributed by atoms with Crippen LogP contribution < -0.4 is 16.0 Å². The predicted molar refractivity (Wildman–Crippen MR) is 100 cm³/mol. The Morgan fingerprint density at radius 2 is 1.78 bits per heavy atom. The van der Waals surface area contributed by atoms with Crippen LogP contribution in [0.3, 0.4) is 0 Å². The van der Waals surface area contributed by atoms with Crippen molar-refractivity contribution in [3.8, 4) is 0 Å². The maximum atomic E-state index is 12.9. The van der Waals surface area contributed by atoms with Crippen LogP contribution in [-0.4, -0.2) is 40.9 Å². The van der Waals surface area contributed by atoms with E-state index in [-0.39, 0.29) is 0 Å². The molecule has 1 aliphatic heterocycles. The van der Waals surface area contributed by atoms with Crippen molar-refractivity contribution in [2.45, 2.75) is 45.2 Å². The molecule has 1 fully saturated rings. The first kappa shape index (κ1) is 20.7. The van der Waals surface area contributed by atoms with Gasteiger partial charge in [-0.1, -0.05) is 30.7 Å². The van der Waals surface area contributed by atoms with E-state index in [4.69, 9.17) is 11.6 Å². The number of hydrogen-bond acceptors (Lipinski definition) is 4. The third-order valence-corrected chi connectivity index (χ3v) is 4.34. The van der Waals surface area contributed by atoms with Gasteiger partial charge in [-0.15, -0.1) is 0 Å². The van der Waals surface area contributed by atoms with Crippen LogP contribution in [-0.2, 0) is 15.1 Å². The van der Waals surface area contributed by atoms with Gasteiger partial charge in [-0.25, -0.2) is 9.59 Å². The normalized spacial score (nSPS) is 19.7. The van der Waals surface area contributed by atoms with E-state index in [1.807, 2.05) is 0 Å². The van der Waals surface area contributed by atoms with Gasteiger partial charge in [0.2, 0.25) is 5.91 Å². The maximum Gasteiger partial charge on any atom is 0.325 e. The molecule has 1 aromatic rings. The lowest BCUT2D eigenvalue weighted by atomic mass is 9.87. The average molecular weight is 395 g/mol. The number of carbonyl (C=O) groups is 4. The van der Waals surface area contributed by atoms with E-state index in [0.29, 0.717) is 17.0 Å². The van der Waals surface area contributed by atoms with Crippen molar-refractivity contribution in [2.75, 3.05) is 6.54 Å². The summed E-state index contributed by atoms with van der Waals surface area (Å²) in [7, 11) is 0. The molecule has 9 heteroatoms. The molecule has 2 rings (SSSR count). The highest BCUT2D eigenvalue weighted by molar-refractivity contribution is 6.30. The van der Waals surface area contributed by atoms with Crippen molar-refractivity contribution in [1.29, 1.82) is 0 Å². The Balaban J connectivity index is 2.14. The molecule has 0 spiro atoms. The summed E-state index contributed by atoms with van der Waals surface area (Å²) in [5.41, 5.74) is -1.23. The van der Waals surface area contributed by atoms with Crippen molar-refractivity contribution >= 4 is 35.5 Å². The summed E-state index contributed by atoms with van der Waals surface area (Å²) in [6.45, 7) is 6.48. The van der Waals surface area contributed by atoms with Gasteiger partial charge in [0.25, 0.3) is 5.91 Å². The minimum Gasteiger partial charge on any atom is -0.333 e. The molecule has 1 heterocycles. The third-order valence-electron chi connectivity index (χ3n) is 4.09. The zero-order valence-corrected chi connectivity index (χ0v) is 16.4. The summed E-state index contributed by atoms with van der Waals surface area (Å²) >= 11 is 5.89. The third kappa shape index (κ3) is 4.57. The van der Waals surface area contributed by atoms with Crippen LogP contribution in [0.1, 0.15) is 39.7 Å². The number of carbonyl (C=O) groups excluding carboxylic acids is 4. The quantitative estimate of drug-likeness (QED) is 0.680. The van der Waals surface area contributed by atoms with Crippen molar-refractivity contribution < 1.29 is 19.2 Å². The predicted octanol–water partition coefficient (Wildman–Crippen LogP) is 2.12. The Kier molecular flexibility index (Phi) is 5.79. The number of nitrogens with one attached hydrogen (secondary N) is 3. The van der Waals surface area contributed by atoms with Gasteiger partial charge < -0.3 is 10.6 Å². The van der Waals surface area contributed by atoms with Crippen molar-refractivity contribution in [3.63, 3.8) is 0 Å². The molecule has 0 saturated carbocycles. The number of rotatable bonds is 4. The Hall–Kier alpha value is -2.61. The number of halogens is 1. The van der Waals surface area contributed by atoms with Crippen LogP contribution in [0, 0.1) is 0 Å². The molecule has 1 atom stereocenters. The van der Waals surface area contributed by atoms with E-state index in [9.17, 15) is 19.2 Å². The molecule has 0 aliphatic carbocycles. The number of imide groups is 2. The van der Waals surface area contributed by atoms with Crippen molar-refractivity contribution in [1.82, 2.24) is 20.9 Å². The molecular formula is C18H23ClN4O4. The van der Waals surface area contributed by atoms with Gasteiger partial charge in [0, 0.05) is 10.6 Å². The molecule has 27 heavy (non-hydrogen) atoms. The number of amides is 6. The molecule has 0 bridgehead atoms. The Morgan fingerprint density at radius 3 is 2.30 bits per heavy atom. The van der Waals surface area contributed by atoms with Crippen LogP contribution in [0.2, 0.25) is 5.02 Å². The first-order valence-corrected chi connectivity index (χ1v) is 8.88. The Labute approximate surface area is 162 Å². The Morgan fingerprint density at radius 1 is 1.19 bits per heavy atom. The zero-order valence-electron chi connectivity index (χ0n) is 15.7. The van der Waals surface area contributed by atoms with E-state index >= 15 is 0 Å². The number of nitrogens with zero attached hydrogens (tertiary/aromatic N) is 1. The van der Waals surface area contributed by atoms with Crippen molar-refractivity contribution in [3.05, 3.63) is 34.9 Å². The van der Waals surface area contributed by atoms with E-state index in [1.165, 1.54) is 0 Å². The van der Waals surface area contributed by atoms with Crippen LogP contribution in [0.5, 0.6) is 0 Å². The van der Waals surface area contributed by atoms with Gasteiger partial charge in [0.15, 0.2) is 0 Å². The molecule has 0 aromatic heterocycles. The smallest absolute Gasteiger partial charge is 0.325 e. The second kappa shape index (κ2) is 7.56. The second-order valence-electron chi connectivity index (χ2n) is 7.34. The van der Waals surface area contributed by atoms with Crippen LogP contribution in [0.4, 0.5) is 9.59 Å². The highest BCUT2D eigenvalue weighted by Gasteiger charge is 2.51. The molecule has 1 aromatic carbocycles. The minimum atomic E-state index is -1.27. The minimum absolute atomic E-state index is 0.293. The van der Waals surface area contributed by atoms with Gasteiger partial charge in [-0.05, 0) is 44.9 Å². The SMILES string of the molecule is CC[C@]1(c2ccc(Cl)cc2)NC(=O)N(CC(=O)NC(=O)NC(C)(C)C)C1=O. The van der Waals surface area contributed by atoms with Gasteiger partial charge in [-0.2, -0.15) is 0 Å². The molecule has 1 aliphatic rings. The number of urea groups is 2. The number of hydrogen-bond donors (Lipinski definition) is 3. The second-order valence-corrected chi connectivity index (χ2v) is 7.78. The summed E-state index contributed by atoms with van der Waals surface area (Å²) in [5.74, 6) is -1.31. The molecule has 3 N–H and O–H groups in total. The molecule has 8 nitrogen and oxygen atoms in total. The molecule has 1 saturated heterocycles. The highest BCUT2D eigenvalue weighted by Crippen LogP contribution is 2.32. The fraction of sp³-hybridized carbons (Fsp3) is 0.444. The maximum absolute atomic E-state index is 12.9.